The van der Waals surface area contributed by atoms with Crippen molar-refractivity contribution in [1.29, 1.82) is 0 Å². The van der Waals surface area contributed by atoms with E-state index in [2.05, 4.69) is 29.4 Å². The smallest absolute Gasteiger partial charge is 0.0467 e. The Morgan fingerprint density at radius 3 is 2.36 bits per heavy atom. The molecule has 0 aliphatic heterocycles. The van der Waals surface area contributed by atoms with Crippen molar-refractivity contribution in [1.82, 2.24) is 0 Å². The largest absolute Gasteiger partial charge is 0.396 e. The first kappa shape index (κ1) is 11.2. The molecule has 3 atom stereocenters. The summed E-state index contributed by atoms with van der Waals surface area (Å²) >= 11 is 3.56. The second kappa shape index (κ2) is 5.78. The van der Waals surface area contributed by atoms with Crippen molar-refractivity contribution in [2.75, 3.05) is 6.61 Å². The zero-order valence-electron chi connectivity index (χ0n) is 7.26. The van der Waals surface area contributed by atoms with E-state index in [1.54, 1.807) is 0 Å². The maximum absolute atomic E-state index is 8.87. The van der Waals surface area contributed by atoms with Gasteiger partial charge in [-0.15, -0.1) is 6.58 Å². The van der Waals surface area contributed by atoms with Crippen molar-refractivity contribution in [2.45, 2.75) is 25.1 Å². The molecular weight excluding hydrogens is 204 g/mol. The number of halogens is 1. The number of aliphatic hydroxyl groups is 1. The molecule has 0 aromatic carbocycles. The highest BCUT2D eigenvalue weighted by Gasteiger charge is 2.18. The molecular formula is C9H17BrO. The Labute approximate surface area is 77.6 Å². The third-order valence-corrected chi connectivity index (χ3v) is 3.72. The first-order valence-corrected chi connectivity index (χ1v) is 4.90. The maximum atomic E-state index is 8.87. The summed E-state index contributed by atoms with van der Waals surface area (Å²) in [6.07, 6.45) is 2.92. The minimum atomic E-state index is 0.247. The minimum Gasteiger partial charge on any atom is -0.396 e. The van der Waals surface area contributed by atoms with Crippen LogP contribution in [0, 0.1) is 11.8 Å². The summed E-state index contributed by atoms with van der Waals surface area (Å²) in [5.74, 6) is 0.875. The van der Waals surface area contributed by atoms with E-state index in [0.717, 1.165) is 6.42 Å². The highest BCUT2D eigenvalue weighted by molar-refractivity contribution is 9.09. The fourth-order valence-corrected chi connectivity index (χ4v) is 1.44. The molecule has 0 bridgehead atoms. The third kappa shape index (κ3) is 3.92. The quantitative estimate of drug-likeness (QED) is 0.558. The van der Waals surface area contributed by atoms with Crippen molar-refractivity contribution in [3.63, 3.8) is 0 Å². The van der Waals surface area contributed by atoms with E-state index in [0.29, 0.717) is 16.7 Å². The second-order valence-corrected chi connectivity index (χ2v) is 4.16. The Hall–Kier alpha value is 0.180. The van der Waals surface area contributed by atoms with Crippen molar-refractivity contribution in [3.8, 4) is 0 Å². The third-order valence-electron chi connectivity index (χ3n) is 1.91. The molecule has 0 aromatic heterocycles. The van der Waals surface area contributed by atoms with Gasteiger partial charge >= 0.3 is 0 Å². The molecule has 0 aliphatic rings. The molecule has 3 unspecified atom stereocenters. The van der Waals surface area contributed by atoms with Gasteiger partial charge in [-0.05, 0) is 18.3 Å². The number of rotatable bonds is 5. The van der Waals surface area contributed by atoms with E-state index in [9.17, 15) is 0 Å². The predicted molar refractivity (Wildman–Crippen MR) is 52.9 cm³/mol. The topological polar surface area (TPSA) is 20.2 Å². The van der Waals surface area contributed by atoms with Crippen LogP contribution in [0.4, 0.5) is 0 Å². The number of hydrogen-bond donors (Lipinski definition) is 1. The van der Waals surface area contributed by atoms with Gasteiger partial charge in [-0.1, -0.05) is 35.9 Å². The van der Waals surface area contributed by atoms with Crippen LogP contribution in [0.2, 0.25) is 0 Å². The number of alkyl halides is 1. The normalized spacial score (nSPS) is 18.9. The summed E-state index contributed by atoms with van der Waals surface area (Å²) in [6.45, 7) is 8.13. The fraction of sp³-hybridized carbons (Fsp3) is 0.778. The molecule has 0 fully saturated rings. The van der Waals surface area contributed by atoms with Crippen LogP contribution < -0.4 is 0 Å². The van der Waals surface area contributed by atoms with Crippen LogP contribution in [-0.4, -0.2) is 16.5 Å². The predicted octanol–water partition coefficient (Wildman–Crippen LogP) is 2.59. The lowest BCUT2D eigenvalue weighted by atomic mass is 9.95. The van der Waals surface area contributed by atoms with Gasteiger partial charge in [-0.2, -0.15) is 0 Å². The Kier molecular flexibility index (Phi) is 5.88. The van der Waals surface area contributed by atoms with E-state index in [1.807, 2.05) is 13.0 Å². The van der Waals surface area contributed by atoms with Gasteiger partial charge in [0.2, 0.25) is 0 Å². The number of aliphatic hydroxyl groups excluding tert-OH is 1. The summed E-state index contributed by atoms with van der Waals surface area (Å²) in [6, 6.07) is 0. The molecule has 0 spiro atoms. The standard InChI is InChI=1S/C9H17BrO/c1-4-5-7(2)9(10)8(3)6-11/h4,7-9,11H,1,5-6H2,2-3H3. The molecule has 66 valence electrons. The Balaban J connectivity index is 3.79. The van der Waals surface area contributed by atoms with Crippen LogP contribution in [-0.2, 0) is 0 Å². The lowest BCUT2D eigenvalue weighted by molar-refractivity contribution is 0.222. The minimum absolute atomic E-state index is 0.247. The number of hydrogen-bond acceptors (Lipinski definition) is 1. The summed E-state index contributed by atoms with van der Waals surface area (Å²) in [7, 11) is 0. The molecule has 11 heavy (non-hydrogen) atoms. The van der Waals surface area contributed by atoms with E-state index in [1.165, 1.54) is 0 Å². The summed E-state index contributed by atoms with van der Waals surface area (Å²) in [4.78, 5) is 0.394. The average Bonchev–Trinajstić information content (AvgIpc) is 2.02. The lowest BCUT2D eigenvalue weighted by Gasteiger charge is -2.21. The zero-order valence-corrected chi connectivity index (χ0v) is 8.84. The summed E-state index contributed by atoms with van der Waals surface area (Å²) in [5.41, 5.74) is 0. The molecule has 0 saturated heterocycles. The lowest BCUT2D eigenvalue weighted by Crippen LogP contribution is -2.21. The molecule has 0 heterocycles. The molecule has 0 amide bonds. The van der Waals surface area contributed by atoms with E-state index < -0.39 is 0 Å². The number of allylic oxidation sites excluding steroid dienone is 1. The van der Waals surface area contributed by atoms with Crippen molar-refractivity contribution in [3.05, 3.63) is 12.7 Å². The maximum Gasteiger partial charge on any atom is 0.0467 e. The Morgan fingerprint density at radius 1 is 1.45 bits per heavy atom. The van der Waals surface area contributed by atoms with Crippen molar-refractivity contribution >= 4 is 15.9 Å². The van der Waals surface area contributed by atoms with Gasteiger partial charge in [-0.3, -0.25) is 0 Å². The van der Waals surface area contributed by atoms with E-state index in [-0.39, 0.29) is 6.61 Å². The van der Waals surface area contributed by atoms with Gasteiger partial charge < -0.3 is 5.11 Å². The average molecular weight is 221 g/mol. The summed E-state index contributed by atoms with van der Waals surface area (Å²) < 4.78 is 0. The zero-order chi connectivity index (χ0) is 8.85. The molecule has 0 rings (SSSR count). The first-order chi connectivity index (χ1) is 5.13. The van der Waals surface area contributed by atoms with Gasteiger partial charge in [0.05, 0.1) is 0 Å². The van der Waals surface area contributed by atoms with Gasteiger partial charge in [0.25, 0.3) is 0 Å². The van der Waals surface area contributed by atoms with E-state index >= 15 is 0 Å². The Morgan fingerprint density at radius 2 is 2.00 bits per heavy atom. The molecule has 0 radical (unpaired) electrons. The van der Waals surface area contributed by atoms with Crippen LogP contribution in [0.5, 0.6) is 0 Å². The van der Waals surface area contributed by atoms with Crippen molar-refractivity contribution in [2.24, 2.45) is 11.8 Å². The van der Waals surface area contributed by atoms with Crippen molar-refractivity contribution < 1.29 is 5.11 Å². The van der Waals surface area contributed by atoms with Crippen LogP contribution in [0.15, 0.2) is 12.7 Å². The summed E-state index contributed by atoms with van der Waals surface area (Å²) in [5, 5.41) is 8.87. The molecule has 0 aliphatic carbocycles. The molecule has 0 aromatic rings. The molecule has 1 nitrogen and oxygen atoms in total. The van der Waals surface area contributed by atoms with Crippen LogP contribution in [0.25, 0.3) is 0 Å². The first-order valence-electron chi connectivity index (χ1n) is 3.99. The van der Waals surface area contributed by atoms with Crippen LogP contribution in [0.1, 0.15) is 20.3 Å². The molecule has 1 N–H and O–H groups in total. The monoisotopic (exact) mass is 220 g/mol. The highest BCUT2D eigenvalue weighted by atomic mass is 79.9. The highest BCUT2D eigenvalue weighted by Crippen LogP contribution is 2.23. The van der Waals surface area contributed by atoms with E-state index in [4.69, 9.17) is 5.11 Å². The van der Waals surface area contributed by atoms with Gasteiger partial charge in [0.1, 0.15) is 0 Å². The van der Waals surface area contributed by atoms with Crippen LogP contribution in [0.3, 0.4) is 0 Å². The molecule has 0 saturated carbocycles. The van der Waals surface area contributed by atoms with Gasteiger partial charge in [0, 0.05) is 11.4 Å². The fourth-order valence-electron chi connectivity index (χ4n) is 1.05. The Bertz CT molecular complexity index is 114. The van der Waals surface area contributed by atoms with Gasteiger partial charge in [0.15, 0.2) is 0 Å². The second-order valence-electron chi connectivity index (χ2n) is 3.11. The SMILES string of the molecule is C=CCC(C)C(Br)C(C)CO. The van der Waals surface area contributed by atoms with Gasteiger partial charge in [-0.25, -0.2) is 0 Å². The molecule has 2 heteroatoms. The van der Waals surface area contributed by atoms with Crippen LogP contribution >= 0.6 is 15.9 Å².